The summed E-state index contributed by atoms with van der Waals surface area (Å²) in [5.74, 6) is 0. The van der Waals surface area contributed by atoms with Crippen LogP contribution in [-0.4, -0.2) is 24.1 Å². The van der Waals surface area contributed by atoms with E-state index in [4.69, 9.17) is 0 Å². The first-order chi connectivity index (χ1) is 10.2. The Kier molecular flexibility index (Phi) is 4.09. The number of nitrogens with zero attached hydrogens (tertiary/aromatic N) is 2. The maximum Gasteiger partial charge on any atom is 0.0397 e. The number of hydrogen-bond acceptors (Lipinski definition) is 3. The Balaban J connectivity index is 1.60. The highest BCUT2D eigenvalue weighted by atomic mass is 15.1. The van der Waals surface area contributed by atoms with Crippen molar-refractivity contribution in [1.29, 1.82) is 0 Å². The second-order valence-corrected chi connectivity index (χ2v) is 5.86. The van der Waals surface area contributed by atoms with Crippen molar-refractivity contribution in [3.05, 3.63) is 53.9 Å². The molecule has 1 aliphatic heterocycles. The summed E-state index contributed by atoms with van der Waals surface area (Å²) in [5.41, 5.74) is 5.30. The maximum atomic E-state index is 4.09. The quantitative estimate of drug-likeness (QED) is 0.928. The molecule has 110 valence electrons. The molecule has 1 saturated heterocycles. The lowest BCUT2D eigenvalue weighted by molar-refractivity contribution is 0.526. The summed E-state index contributed by atoms with van der Waals surface area (Å²) in [6.45, 7) is 6.58. The van der Waals surface area contributed by atoms with Crippen molar-refractivity contribution in [3.63, 3.8) is 0 Å². The molecule has 3 heteroatoms. The summed E-state index contributed by atoms with van der Waals surface area (Å²) in [4.78, 5) is 6.54. The highest BCUT2D eigenvalue weighted by Gasteiger charge is 2.19. The van der Waals surface area contributed by atoms with Crippen LogP contribution in [0.5, 0.6) is 0 Å². The standard InChI is InChI=1S/C18H23N3/c1-14-4-3-5-18(15(14)2)20-16-8-12-21(13-9-16)17-6-10-19-11-7-17/h3-7,10-11,16,20H,8-9,12-13H2,1-2H3. The van der Waals surface area contributed by atoms with Crippen molar-refractivity contribution < 1.29 is 0 Å². The van der Waals surface area contributed by atoms with Crippen LogP contribution in [0, 0.1) is 13.8 Å². The van der Waals surface area contributed by atoms with Gasteiger partial charge in [0.2, 0.25) is 0 Å². The van der Waals surface area contributed by atoms with Gasteiger partial charge in [0.1, 0.15) is 0 Å². The van der Waals surface area contributed by atoms with E-state index in [-0.39, 0.29) is 0 Å². The SMILES string of the molecule is Cc1cccc(NC2CCN(c3ccncc3)CC2)c1C. The van der Waals surface area contributed by atoms with Gasteiger partial charge in [-0.15, -0.1) is 0 Å². The van der Waals surface area contributed by atoms with E-state index in [1.54, 1.807) is 0 Å². The van der Waals surface area contributed by atoms with Crippen LogP contribution >= 0.6 is 0 Å². The van der Waals surface area contributed by atoms with Crippen molar-refractivity contribution >= 4 is 11.4 Å². The zero-order valence-electron chi connectivity index (χ0n) is 12.8. The van der Waals surface area contributed by atoms with Crippen molar-refractivity contribution in [2.45, 2.75) is 32.7 Å². The fourth-order valence-electron chi connectivity index (χ4n) is 2.96. The molecule has 0 saturated carbocycles. The van der Waals surface area contributed by atoms with E-state index in [0.29, 0.717) is 6.04 Å². The largest absolute Gasteiger partial charge is 0.382 e. The van der Waals surface area contributed by atoms with Gasteiger partial charge >= 0.3 is 0 Å². The Morgan fingerprint density at radius 1 is 1.05 bits per heavy atom. The zero-order valence-corrected chi connectivity index (χ0v) is 12.8. The van der Waals surface area contributed by atoms with Gasteiger partial charge in [-0.1, -0.05) is 12.1 Å². The van der Waals surface area contributed by atoms with Crippen molar-refractivity contribution in [3.8, 4) is 0 Å². The van der Waals surface area contributed by atoms with Crippen LogP contribution in [-0.2, 0) is 0 Å². The van der Waals surface area contributed by atoms with Crippen LogP contribution in [0.3, 0.4) is 0 Å². The summed E-state index contributed by atoms with van der Waals surface area (Å²) in [5, 5.41) is 3.72. The Hall–Kier alpha value is -2.03. The van der Waals surface area contributed by atoms with Gasteiger partial charge in [0.05, 0.1) is 0 Å². The lowest BCUT2D eigenvalue weighted by atomic mass is 10.0. The van der Waals surface area contributed by atoms with Crippen molar-refractivity contribution in [2.24, 2.45) is 0 Å². The number of benzene rings is 1. The van der Waals surface area contributed by atoms with Crippen LogP contribution in [0.15, 0.2) is 42.7 Å². The Morgan fingerprint density at radius 2 is 1.76 bits per heavy atom. The molecule has 3 nitrogen and oxygen atoms in total. The molecule has 0 bridgehead atoms. The molecule has 0 aliphatic carbocycles. The number of nitrogens with one attached hydrogen (secondary N) is 1. The number of hydrogen-bond donors (Lipinski definition) is 1. The smallest absolute Gasteiger partial charge is 0.0397 e. The van der Waals surface area contributed by atoms with Gasteiger partial charge in [0.25, 0.3) is 0 Å². The predicted octanol–water partition coefficient (Wildman–Crippen LogP) is 3.78. The normalized spacial score (nSPS) is 16.0. The molecule has 21 heavy (non-hydrogen) atoms. The lowest BCUT2D eigenvalue weighted by Gasteiger charge is -2.34. The van der Waals surface area contributed by atoms with E-state index in [2.05, 4.69) is 59.4 Å². The van der Waals surface area contributed by atoms with Gasteiger partial charge in [-0.05, 0) is 56.0 Å². The van der Waals surface area contributed by atoms with E-state index in [9.17, 15) is 0 Å². The highest BCUT2D eigenvalue weighted by molar-refractivity contribution is 5.54. The first-order valence-corrected chi connectivity index (χ1v) is 7.72. The monoisotopic (exact) mass is 281 g/mol. The number of aryl methyl sites for hydroxylation is 1. The van der Waals surface area contributed by atoms with Gasteiger partial charge in [-0.3, -0.25) is 4.98 Å². The molecule has 3 rings (SSSR count). The third-order valence-electron chi connectivity index (χ3n) is 4.49. The van der Waals surface area contributed by atoms with E-state index in [1.807, 2.05) is 12.4 Å². The summed E-state index contributed by atoms with van der Waals surface area (Å²) < 4.78 is 0. The molecule has 1 aromatic heterocycles. The summed E-state index contributed by atoms with van der Waals surface area (Å²) in [6, 6.07) is 11.3. The minimum atomic E-state index is 0.573. The minimum Gasteiger partial charge on any atom is -0.382 e. The molecule has 0 unspecified atom stereocenters. The third kappa shape index (κ3) is 3.18. The molecule has 2 aromatic rings. The molecule has 1 fully saturated rings. The van der Waals surface area contributed by atoms with Gasteiger partial charge in [0.15, 0.2) is 0 Å². The van der Waals surface area contributed by atoms with Crippen LogP contribution in [0.25, 0.3) is 0 Å². The van der Waals surface area contributed by atoms with E-state index >= 15 is 0 Å². The lowest BCUT2D eigenvalue weighted by Crippen LogP contribution is -2.39. The second kappa shape index (κ2) is 6.17. The molecule has 1 aromatic carbocycles. The minimum absolute atomic E-state index is 0.573. The van der Waals surface area contributed by atoms with E-state index in [0.717, 1.165) is 13.1 Å². The Bertz CT molecular complexity index is 587. The summed E-state index contributed by atoms with van der Waals surface area (Å²) in [6.07, 6.45) is 6.09. The molecular weight excluding hydrogens is 258 g/mol. The van der Waals surface area contributed by atoms with Gasteiger partial charge in [-0.25, -0.2) is 0 Å². The fraction of sp³-hybridized carbons (Fsp3) is 0.389. The third-order valence-corrected chi connectivity index (χ3v) is 4.49. The number of piperidine rings is 1. The van der Waals surface area contributed by atoms with Crippen molar-refractivity contribution in [2.75, 3.05) is 23.3 Å². The van der Waals surface area contributed by atoms with Gasteiger partial charge in [0, 0.05) is 42.9 Å². The molecule has 2 heterocycles. The van der Waals surface area contributed by atoms with Crippen LogP contribution in [0.2, 0.25) is 0 Å². The molecule has 1 aliphatic rings. The highest BCUT2D eigenvalue weighted by Crippen LogP contribution is 2.24. The summed E-state index contributed by atoms with van der Waals surface area (Å²) >= 11 is 0. The van der Waals surface area contributed by atoms with E-state index < -0.39 is 0 Å². The first-order valence-electron chi connectivity index (χ1n) is 7.72. The molecule has 0 atom stereocenters. The van der Waals surface area contributed by atoms with Crippen LogP contribution < -0.4 is 10.2 Å². The Morgan fingerprint density at radius 3 is 2.48 bits per heavy atom. The first kappa shape index (κ1) is 13.9. The molecule has 0 amide bonds. The Labute approximate surface area is 127 Å². The molecular formula is C18H23N3. The van der Waals surface area contributed by atoms with Crippen LogP contribution in [0.1, 0.15) is 24.0 Å². The van der Waals surface area contributed by atoms with Gasteiger partial charge in [-0.2, -0.15) is 0 Å². The number of anilines is 2. The zero-order chi connectivity index (χ0) is 14.7. The topological polar surface area (TPSA) is 28.2 Å². The number of aromatic nitrogens is 1. The van der Waals surface area contributed by atoms with Gasteiger partial charge < -0.3 is 10.2 Å². The summed E-state index contributed by atoms with van der Waals surface area (Å²) in [7, 11) is 0. The van der Waals surface area contributed by atoms with Crippen LogP contribution in [0.4, 0.5) is 11.4 Å². The average Bonchev–Trinajstić information content (AvgIpc) is 2.53. The maximum absolute atomic E-state index is 4.09. The predicted molar refractivity (Wildman–Crippen MR) is 89.0 cm³/mol. The average molecular weight is 281 g/mol. The molecule has 0 radical (unpaired) electrons. The number of rotatable bonds is 3. The molecule has 0 spiro atoms. The van der Waals surface area contributed by atoms with Crippen molar-refractivity contribution in [1.82, 2.24) is 4.98 Å². The number of pyridine rings is 1. The fourth-order valence-corrected chi connectivity index (χ4v) is 2.96. The molecule has 1 N–H and O–H groups in total. The second-order valence-electron chi connectivity index (χ2n) is 5.86. The van der Waals surface area contributed by atoms with E-state index in [1.165, 1.54) is 35.3 Å².